The van der Waals surface area contributed by atoms with Gasteiger partial charge in [-0.1, -0.05) is 30.3 Å². The van der Waals surface area contributed by atoms with E-state index in [1.807, 2.05) is 30.3 Å². The van der Waals surface area contributed by atoms with Crippen molar-refractivity contribution in [3.63, 3.8) is 0 Å². The highest BCUT2D eigenvalue weighted by Crippen LogP contribution is 2.39. The van der Waals surface area contributed by atoms with E-state index in [9.17, 15) is 14.7 Å². The molecule has 0 atom stereocenters. The fourth-order valence-electron chi connectivity index (χ4n) is 3.33. The van der Waals surface area contributed by atoms with Crippen molar-refractivity contribution in [2.24, 2.45) is 0 Å². The summed E-state index contributed by atoms with van der Waals surface area (Å²) in [5, 5.41) is 9.96. The number of carboxylic acid groups (broad SMARTS) is 1. The van der Waals surface area contributed by atoms with Gasteiger partial charge >= 0.3 is 5.97 Å². The summed E-state index contributed by atoms with van der Waals surface area (Å²) in [4.78, 5) is 24.2. The largest absolute Gasteiger partial charge is 0.481 e. The quantitative estimate of drug-likeness (QED) is 0.716. The Balaban J connectivity index is 1.84. The number of fused-ring (bicyclic) bond motifs is 2. The van der Waals surface area contributed by atoms with Crippen LogP contribution in [-0.4, -0.2) is 28.3 Å². The number of carbonyl (C=O) groups excluding carboxylic acids is 1. The molecule has 1 aliphatic rings. The summed E-state index contributed by atoms with van der Waals surface area (Å²) in [5.41, 5.74) is 2.70. The van der Waals surface area contributed by atoms with Gasteiger partial charge < -0.3 is 14.6 Å². The van der Waals surface area contributed by atoms with Crippen LogP contribution in [0.4, 0.5) is 0 Å². The van der Waals surface area contributed by atoms with Gasteiger partial charge in [-0.25, -0.2) is 0 Å². The van der Waals surface area contributed by atoms with Crippen LogP contribution in [0.3, 0.4) is 0 Å². The lowest BCUT2D eigenvalue weighted by molar-refractivity contribution is -0.136. The Kier molecular flexibility index (Phi) is 4.16. The Hall–Kier alpha value is -3.54. The number of ether oxygens (including phenoxy) is 2. The molecule has 0 saturated heterocycles. The molecule has 1 aromatic heterocycles. The first-order valence-electron chi connectivity index (χ1n) is 8.47. The molecule has 2 aromatic carbocycles. The van der Waals surface area contributed by atoms with E-state index < -0.39 is 5.97 Å². The Morgan fingerprint density at radius 1 is 1.15 bits per heavy atom. The van der Waals surface area contributed by atoms with Gasteiger partial charge in [-0.05, 0) is 30.2 Å². The number of benzene rings is 2. The highest BCUT2D eigenvalue weighted by atomic mass is 16.7. The summed E-state index contributed by atoms with van der Waals surface area (Å²) in [7, 11) is 0. The lowest BCUT2D eigenvalue weighted by Gasteiger charge is -2.04. The van der Waals surface area contributed by atoms with Crippen molar-refractivity contribution in [2.45, 2.75) is 13.3 Å². The molecule has 0 saturated carbocycles. The average molecular weight is 363 g/mol. The van der Waals surface area contributed by atoms with Crippen LogP contribution >= 0.6 is 0 Å². The molecular weight excluding hydrogens is 346 g/mol. The number of aromatic nitrogens is 1. The third kappa shape index (κ3) is 3.06. The van der Waals surface area contributed by atoms with E-state index in [4.69, 9.17) is 9.47 Å². The second kappa shape index (κ2) is 6.64. The molecule has 1 N–H and O–H groups in total. The van der Waals surface area contributed by atoms with Crippen molar-refractivity contribution in [1.29, 1.82) is 0 Å². The number of aliphatic carboxylic acids is 1. The normalized spacial score (nSPS) is 12.8. The predicted octanol–water partition coefficient (Wildman–Crippen LogP) is 3.66. The van der Waals surface area contributed by atoms with Gasteiger partial charge in [0.2, 0.25) is 6.79 Å². The molecule has 0 fully saturated rings. The Morgan fingerprint density at radius 2 is 1.85 bits per heavy atom. The fraction of sp³-hybridized carbons (Fsp3) is 0.143. The first-order valence-corrected chi connectivity index (χ1v) is 8.47. The maximum Gasteiger partial charge on any atom is 0.307 e. The fourth-order valence-corrected chi connectivity index (χ4v) is 3.33. The van der Waals surface area contributed by atoms with Crippen molar-refractivity contribution in [3.8, 4) is 11.5 Å². The van der Waals surface area contributed by atoms with E-state index in [1.165, 1.54) is 10.6 Å². The SMILES string of the molecule is Cc1c(CC(=O)O)c2cc3c(cc2n1C(=O)C=Cc1ccccc1)OCO3. The third-order valence-corrected chi connectivity index (χ3v) is 4.60. The van der Waals surface area contributed by atoms with Crippen LogP contribution < -0.4 is 9.47 Å². The molecule has 6 nitrogen and oxygen atoms in total. The van der Waals surface area contributed by atoms with Crippen LogP contribution in [0.2, 0.25) is 0 Å². The molecule has 27 heavy (non-hydrogen) atoms. The van der Waals surface area contributed by atoms with Crippen LogP contribution in [-0.2, 0) is 11.2 Å². The third-order valence-electron chi connectivity index (χ3n) is 4.60. The molecule has 4 rings (SSSR count). The summed E-state index contributed by atoms with van der Waals surface area (Å²) < 4.78 is 12.3. The molecule has 0 spiro atoms. The number of carbonyl (C=O) groups is 2. The molecule has 136 valence electrons. The lowest BCUT2D eigenvalue weighted by Crippen LogP contribution is -2.10. The molecule has 1 aliphatic heterocycles. The molecule has 2 heterocycles. The van der Waals surface area contributed by atoms with E-state index in [2.05, 4.69) is 0 Å². The summed E-state index contributed by atoms with van der Waals surface area (Å²) in [6.45, 7) is 1.86. The summed E-state index contributed by atoms with van der Waals surface area (Å²) in [6.07, 6.45) is 3.04. The summed E-state index contributed by atoms with van der Waals surface area (Å²) >= 11 is 0. The van der Waals surface area contributed by atoms with Gasteiger partial charge in [-0.2, -0.15) is 0 Å². The van der Waals surface area contributed by atoms with Crippen LogP contribution in [0.5, 0.6) is 11.5 Å². The number of allylic oxidation sites excluding steroid dienone is 1. The first kappa shape index (κ1) is 16.9. The molecule has 0 aliphatic carbocycles. The first-order chi connectivity index (χ1) is 13.0. The summed E-state index contributed by atoms with van der Waals surface area (Å²) in [6, 6.07) is 13.0. The van der Waals surface area contributed by atoms with Gasteiger partial charge in [-0.15, -0.1) is 0 Å². The van der Waals surface area contributed by atoms with Gasteiger partial charge in [0.15, 0.2) is 11.5 Å². The van der Waals surface area contributed by atoms with Crippen LogP contribution in [0.25, 0.3) is 17.0 Å². The van der Waals surface area contributed by atoms with Crippen LogP contribution in [0, 0.1) is 6.92 Å². The van der Waals surface area contributed by atoms with E-state index in [0.717, 1.165) is 5.56 Å². The van der Waals surface area contributed by atoms with Gasteiger partial charge in [0.25, 0.3) is 5.91 Å². The summed E-state index contributed by atoms with van der Waals surface area (Å²) in [5.74, 6) is -0.111. The van der Waals surface area contributed by atoms with Crippen molar-refractivity contribution in [2.75, 3.05) is 6.79 Å². The molecule has 0 radical (unpaired) electrons. The number of hydrogen-bond donors (Lipinski definition) is 1. The minimum atomic E-state index is -0.956. The zero-order valence-corrected chi connectivity index (χ0v) is 14.6. The Labute approximate surface area is 155 Å². The van der Waals surface area contributed by atoms with E-state index in [1.54, 1.807) is 25.1 Å². The number of nitrogens with zero attached hydrogens (tertiary/aromatic N) is 1. The van der Waals surface area contributed by atoms with Gasteiger partial charge in [0.05, 0.1) is 11.9 Å². The van der Waals surface area contributed by atoms with Crippen molar-refractivity contribution in [3.05, 3.63) is 65.4 Å². The number of rotatable bonds is 4. The monoisotopic (exact) mass is 363 g/mol. The van der Waals surface area contributed by atoms with Gasteiger partial charge in [0, 0.05) is 23.2 Å². The maximum absolute atomic E-state index is 12.9. The maximum atomic E-state index is 12.9. The zero-order chi connectivity index (χ0) is 19.0. The van der Waals surface area contributed by atoms with Crippen molar-refractivity contribution >= 4 is 28.9 Å². The van der Waals surface area contributed by atoms with Crippen molar-refractivity contribution in [1.82, 2.24) is 4.57 Å². The Morgan fingerprint density at radius 3 is 2.56 bits per heavy atom. The van der Waals surface area contributed by atoms with E-state index >= 15 is 0 Å². The molecule has 0 amide bonds. The van der Waals surface area contributed by atoms with Crippen molar-refractivity contribution < 1.29 is 24.2 Å². The lowest BCUT2D eigenvalue weighted by atomic mass is 10.1. The minimum absolute atomic E-state index is 0.108. The number of carboxylic acids is 1. The van der Waals surface area contributed by atoms with Crippen LogP contribution in [0.15, 0.2) is 48.5 Å². The predicted molar refractivity (Wildman–Crippen MR) is 100 cm³/mol. The second-order valence-electron chi connectivity index (χ2n) is 6.27. The standard InChI is InChI=1S/C21H17NO5/c1-13-15(10-21(24)25)16-9-18-19(27-12-26-18)11-17(16)22(13)20(23)8-7-14-5-3-2-4-6-14/h2-9,11H,10,12H2,1H3,(H,24,25). The van der Waals surface area contributed by atoms with E-state index in [-0.39, 0.29) is 19.1 Å². The highest BCUT2D eigenvalue weighted by Gasteiger charge is 2.23. The van der Waals surface area contributed by atoms with Gasteiger partial charge in [-0.3, -0.25) is 14.2 Å². The minimum Gasteiger partial charge on any atom is -0.481 e. The molecule has 3 aromatic rings. The smallest absolute Gasteiger partial charge is 0.307 e. The van der Waals surface area contributed by atoms with Gasteiger partial charge in [0.1, 0.15) is 0 Å². The topological polar surface area (TPSA) is 77.8 Å². The number of hydrogen-bond acceptors (Lipinski definition) is 4. The van der Waals surface area contributed by atoms with E-state index in [0.29, 0.717) is 33.7 Å². The average Bonchev–Trinajstić information content (AvgIpc) is 3.21. The molecular formula is C21H17NO5. The van der Waals surface area contributed by atoms with Crippen LogP contribution in [0.1, 0.15) is 21.6 Å². The molecule has 6 heteroatoms. The Bertz CT molecular complexity index is 1080. The molecule has 0 bridgehead atoms. The second-order valence-corrected chi connectivity index (χ2v) is 6.27. The zero-order valence-electron chi connectivity index (χ0n) is 14.6. The highest BCUT2D eigenvalue weighted by molar-refractivity contribution is 6.04. The molecule has 0 unspecified atom stereocenters.